The normalized spacial score (nSPS) is 10.3. The standard InChI is InChI=1S/C18H21NO4/c1-13(2)23-17-8-4-14(5-9-17)12-22-16-10-6-15(7-11-16)19-18(20)21-3/h4-11,13H,12H2,1-3H3,(H,19,20). The van der Waals surface area contributed by atoms with Crippen LogP contribution in [0.5, 0.6) is 11.5 Å². The van der Waals surface area contributed by atoms with Crippen LogP contribution in [0.1, 0.15) is 19.4 Å². The van der Waals surface area contributed by atoms with Gasteiger partial charge in [0.1, 0.15) is 18.1 Å². The molecular weight excluding hydrogens is 294 g/mol. The van der Waals surface area contributed by atoms with Gasteiger partial charge in [-0.05, 0) is 55.8 Å². The second kappa shape index (κ2) is 8.08. The summed E-state index contributed by atoms with van der Waals surface area (Å²) in [6, 6.07) is 14.9. The SMILES string of the molecule is COC(=O)Nc1ccc(OCc2ccc(OC(C)C)cc2)cc1. The second-order valence-corrected chi connectivity index (χ2v) is 5.24. The summed E-state index contributed by atoms with van der Waals surface area (Å²) in [5.41, 5.74) is 1.71. The summed E-state index contributed by atoms with van der Waals surface area (Å²) in [6.07, 6.45) is -0.336. The maximum atomic E-state index is 11.1. The molecular formula is C18H21NO4. The van der Waals surface area contributed by atoms with Crippen molar-refractivity contribution in [1.29, 1.82) is 0 Å². The molecule has 122 valence electrons. The Morgan fingerprint density at radius 3 is 2.17 bits per heavy atom. The fraction of sp³-hybridized carbons (Fsp3) is 0.278. The first-order valence-corrected chi connectivity index (χ1v) is 7.40. The third-order valence-corrected chi connectivity index (χ3v) is 2.99. The molecule has 0 saturated heterocycles. The minimum Gasteiger partial charge on any atom is -0.491 e. The van der Waals surface area contributed by atoms with Crippen molar-refractivity contribution >= 4 is 11.8 Å². The number of hydrogen-bond donors (Lipinski definition) is 1. The molecule has 1 amide bonds. The van der Waals surface area contributed by atoms with E-state index in [1.807, 2.05) is 38.1 Å². The molecule has 2 rings (SSSR count). The summed E-state index contributed by atoms with van der Waals surface area (Å²) in [5, 5.41) is 2.58. The molecule has 0 aromatic heterocycles. The molecule has 0 saturated carbocycles. The Balaban J connectivity index is 1.86. The molecule has 0 bridgehead atoms. The minimum atomic E-state index is -0.498. The Bertz CT molecular complexity index is 620. The monoisotopic (exact) mass is 315 g/mol. The van der Waals surface area contributed by atoms with Gasteiger partial charge in [-0.25, -0.2) is 4.79 Å². The predicted octanol–water partition coefficient (Wildman–Crippen LogP) is 4.23. The van der Waals surface area contributed by atoms with Crippen molar-refractivity contribution in [3.63, 3.8) is 0 Å². The zero-order valence-corrected chi connectivity index (χ0v) is 13.5. The van der Waals surface area contributed by atoms with Gasteiger partial charge in [-0.2, -0.15) is 0 Å². The van der Waals surface area contributed by atoms with E-state index in [0.717, 1.165) is 17.1 Å². The smallest absolute Gasteiger partial charge is 0.411 e. The van der Waals surface area contributed by atoms with Crippen LogP contribution in [0.4, 0.5) is 10.5 Å². The fourth-order valence-electron chi connectivity index (χ4n) is 1.91. The number of ether oxygens (including phenoxy) is 3. The summed E-state index contributed by atoms with van der Waals surface area (Å²) in [7, 11) is 1.32. The van der Waals surface area contributed by atoms with Crippen molar-refractivity contribution in [2.75, 3.05) is 12.4 Å². The number of nitrogens with one attached hydrogen (secondary N) is 1. The van der Waals surface area contributed by atoms with E-state index in [9.17, 15) is 4.79 Å². The Kier molecular flexibility index (Phi) is 5.86. The van der Waals surface area contributed by atoms with Gasteiger partial charge >= 0.3 is 6.09 Å². The first-order valence-electron chi connectivity index (χ1n) is 7.40. The number of methoxy groups -OCH3 is 1. The molecule has 0 atom stereocenters. The van der Waals surface area contributed by atoms with E-state index in [1.54, 1.807) is 24.3 Å². The van der Waals surface area contributed by atoms with Crippen molar-refractivity contribution in [2.24, 2.45) is 0 Å². The maximum absolute atomic E-state index is 11.1. The van der Waals surface area contributed by atoms with Gasteiger partial charge in [-0.1, -0.05) is 12.1 Å². The number of carbonyl (C=O) groups is 1. The molecule has 0 unspecified atom stereocenters. The van der Waals surface area contributed by atoms with Gasteiger partial charge in [0.2, 0.25) is 0 Å². The van der Waals surface area contributed by atoms with E-state index in [-0.39, 0.29) is 6.10 Å². The Hall–Kier alpha value is -2.69. The van der Waals surface area contributed by atoms with Crippen LogP contribution >= 0.6 is 0 Å². The van der Waals surface area contributed by atoms with Crippen LogP contribution in [0.2, 0.25) is 0 Å². The highest BCUT2D eigenvalue weighted by molar-refractivity contribution is 5.84. The van der Waals surface area contributed by atoms with Gasteiger partial charge in [-0.15, -0.1) is 0 Å². The Morgan fingerprint density at radius 1 is 1.00 bits per heavy atom. The number of hydrogen-bond acceptors (Lipinski definition) is 4. The number of benzene rings is 2. The van der Waals surface area contributed by atoms with Gasteiger partial charge in [0, 0.05) is 5.69 Å². The van der Waals surface area contributed by atoms with Crippen LogP contribution in [-0.4, -0.2) is 19.3 Å². The third-order valence-electron chi connectivity index (χ3n) is 2.99. The largest absolute Gasteiger partial charge is 0.491 e. The van der Waals surface area contributed by atoms with E-state index < -0.39 is 6.09 Å². The molecule has 0 spiro atoms. The molecule has 5 nitrogen and oxygen atoms in total. The van der Waals surface area contributed by atoms with Gasteiger partial charge in [-0.3, -0.25) is 5.32 Å². The molecule has 2 aromatic rings. The zero-order valence-electron chi connectivity index (χ0n) is 13.5. The highest BCUT2D eigenvalue weighted by Gasteiger charge is 2.02. The van der Waals surface area contributed by atoms with Crippen LogP contribution in [0, 0.1) is 0 Å². The third kappa shape index (κ3) is 5.54. The molecule has 0 heterocycles. The van der Waals surface area contributed by atoms with Crippen LogP contribution < -0.4 is 14.8 Å². The molecule has 0 aliphatic carbocycles. The molecule has 0 aliphatic heterocycles. The number of rotatable bonds is 6. The van der Waals surface area contributed by atoms with Crippen molar-refractivity contribution in [3.05, 3.63) is 54.1 Å². The van der Waals surface area contributed by atoms with Gasteiger partial charge < -0.3 is 14.2 Å². The summed E-state index contributed by atoms with van der Waals surface area (Å²) in [4.78, 5) is 11.1. The van der Waals surface area contributed by atoms with Crippen LogP contribution in [0.3, 0.4) is 0 Å². The lowest BCUT2D eigenvalue weighted by atomic mass is 10.2. The molecule has 5 heteroatoms. The van der Waals surface area contributed by atoms with Crippen molar-refractivity contribution in [3.8, 4) is 11.5 Å². The second-order valence-electron chi connectivity index (χ2n) is 5.24. The first-order chi connectivity index (χ1) is 11.1. The highest BCUT2D eigenvalue weighted by atomic mass is 16.5. The summed E-state index contributed by atoms with van der Waals surface area (Å²) in [6.45, 7) is 4.46. The lowest BCUT2D eigenvalue weighted by Gasteiger charge is -2.11. The minimum absolute atomic E-state index is 0.161. The highest BCUT2D eigenvalue weighted by Crippen LogP contribution is 2.19. The quantitative estimate of drug-likeness (QED) is 0.866. The summed E-state index contributed by atoms with van der Waals surface area (Å²) >= 11 is 0. The van der Waals surface area contributed by atoms with E-state index >= 15 is 0 Å². The molecule has 2 aromatic carbocycles. The van der Waals surface area contributed by atoms with Gasteiger partial charge in [0.15, 0.2) is 0 Å². The Labute approximate surface area is 136 Å². The van der Waals surface area contributed by atoms with E-state index in [4.69, 9.17) is 9.47 Å². The van der Waals surface area contributed by atoms with E-state index in [0.29, 0.717) is 12.3 Å². The molecule has 23 heavy (non-hydrogen) atoms. The topological polar surface area (TPSA) is 56.8 Å². The van der Waals surface area contributed by atoms with Crippen molar-refractivity contribution < 1.29 is 19.0 Å². The predicted molar refractivity (Wildman–Crippen MR) is 89.0 cm³/mol. The summed E-state index contributed by atoms with van der Waals surface area (Å²) < 4.78 is 15.8. The van der Waals surface area contributed by atoms with Crippen LogP contribution in [-0.2, 0) is 11.3 Å². The maximum Gasteiger partial charge on any atom is 0.411 e. The van der Waals surface area contributed by atoms with Crippen LogP contribution in [0.25, 0.3) is 0 Å². The number of amides is 1. The van der Waals surface area contributed by atoms with Gasteiger partial charge in [0.05, 0.1) is 13.2 Å². The molecule has 0 radical (unpaired) electrons. The lowest BCUT2D eigenvalue weighted by molar-refractivity contribution is 0.187. The lowest BCUT2D eigenvalue weighted by Crippen LogP contribution is -2.10. The van der Waals surface area contributed by atoms with E-state index in [2.05, 4.69) is 10.1 Å². The number of anilines is 1. The van der Waals surface area contributed by atoms with E-state index in [1.165, 1.54) is 7.11 Å². The Morgan fingerprint density at radius 2 is 1.61 bits per heavy atom. The zero-order chi connectivity index (χ0) is 16.7. The van der Waals surface area contributed by atoms with Crippen molar-refractivity contribution in [2.45, 2.75) is 26.6 Å². The first kappa shape index (κ1) is 16.7. The number of carbonyl (C=O) groups excluding carboxylic acids is 1. The average molecular weight is 315 g/mol. The summed E-state index contributed by atoms with van der Waals surface area (Å²) in [5.74, 6) is 1.57. The average Bonchev–Trinajstić information content (AvgIpc) is 2.55. The van der Waals surface area contributed by atoms with Crippen LogP contribution in [0.15, 0.2) is 48.5 Å². The molecule has 0 fully saturated rings. The van der Waals surface area contributed by atoms with Crippen molar-refractivity contribution in [1.82, 2.24) is 0 Å². The fourth-order valence-corrected chi connectivity index (χ4v) is 1.91. The van der Waals surface area contributed by atoms with Gasteiger partial charge in [0.25, 0.3) is 0 Å². The molecule has 0 aliphatic rings. The molecule has 1 N–H and O–H groups in total.